The number of halogens is 1. The third-order valence-corrected chi connectivity index (χ3v) is 7.60. The molecule has 1 N–H and O–H groups in total. The van der Waals surface area contributed by atoms with Gasteiger partial charge in [-0.3, -0.25) is 9.59 Å². The van der Waals surface area contributed by atoms with Crippen LogP contribution in [0.15, 0.2) is 60.7 Å². The fourth-order valence-corrected chi connectivity index (χ4v) is 5.84. The molecule has 3 aromatic carbocycles. The number of hydrogen-bond donors (Lipinski definition) is 1. The molecule has 1 fully saturated rings. The third-order valence-electron chi connectivity index (χ3n) is 7.36. The standard InChI is InChI=1S/C31H33ClN2O5/c1-31(2,3)18-34-24-14-13-20(32)16-23(24)28(22-11-6-9-19-8-4-5-10-21(19)22)39-26(29(34)36)17-27(35)33-15-7-12-25(33)30(37)38/h4-6,8-11,13-14,16,25-26,28H,7,12,15,17-18H2,1-3H3,(H,37,38)/t25-,26-,28-/m0/s1. The van der Waals surface area contributed by atoms with Gasteiger partial charge in [0, 0.05) is 29.4 Å². The Balaban J connectivity index is 1.63. The van der Waals surface area contributed by atoms with E-state index in [9.17, 15) is 19.5 Å². The van der Waals surface area contributed by atoms with E-state index in [4.69, 9.17) is 16.3 Å². The zero-order valence-electron chi connectivity index (χ0n) is 22.4. The van der Waals surface area contributed by atoms with Crippen LogP contribution in [0.3, 0.4) is 0 Å². The Morgan fingerprint density at radius 1 is 1.05 bits per heavy atom. The molecule has 2 aliphatic rings. The highest BCUT2D eigenvalue weighted by Gasteiger charge is 2.42. The van der Waals surface area contributed by atoms with Gasteiger partial charge in [-0.25, -0.2) is 4.79 Å². The van der Waals surface area contributed by atoms with Crippen molar-refractivity contribution in [3.8, 4) is 0 Å². The fraction of sp³-hybridized carbons (Fsp3) is 0.387. The number of likely N-dealkylation sites (tertiary alicyclic amines) is 1. The van der Waals surface area contributed by atoms with Gasteiger partial charge in [0.25, 0.3) is 5.91 Å². The molecule has 8 heteroatoms. The first-order valence-corrected chi connectivity index (χ1v) is 13.7. The minimum Gasteiger partial charge on any atom is -0.480 e. The number of carboxylic acid groups (broad SMARTS) is 1. The average Bonchev–Trinajstić information content (AvgIpc) is 3.36. The number of carbonyl (C=O) groups is 3. The van der Waals surface area contributed by atoms with Gasteiger partial charge < -0.3 is 19.6 Å². The third kappa shape index (κ3) is 5.52. The van der Waals surface area contributed by atoms with Crippen molar-refractivity contribution < 1.29 is 24.2 Å². The summed E-state index contributed by atoms with van der Waals surface area (Å²) in [7, 11) is 0. The van der Waals surface area contributed by atoms with E-state index in [0.717, 1.165) is 21.9 Å². The van der Waals surface area contributed by atoms with Crippen molar-refractivity contribution >= 4 is 45.8 Å². The zero-order chi connectivity index (χ0) is 27.9. The Labute approximate surface area is 233 Å². The Hall–Kier alpha value is -3.42. The molecule has 3 atom stereocenters. The van der Waals surface area contributed by atoms with Crippen molar-refractivity contribution in [2.75, 3.05) is 18.0 Å². The SMILES string of the molecule is CC(C)(C)CN1C(=O)[C@H](CC(=O)N2CCC[C@H]2C(=O)O)O[C@@H](c2cccc3ccccc23)c2cc(Cl)ccc21. The number of carboxylic acids is 1. The predicted molar refractivity (Wildman–Crippen MR) is 151 cm³/mol. The maximum Gasteiger partial charge on any atom is 0.326 e. The van der Waals surface area contributed by atoms with E-state index in [1.807, 2.05) is 75.4 Å². The predicted octanol–water partition coefficient (Wildman–Crippen LogP) is 5.83. The van der Waals surface area contributed by atoms with Crippen LogP contribution in [0.25, 0.3) is 10.8 Å². The van der Waals surface area contributed by atoms with Crippen LogP contribution in [0, 0.1) is 5.41 Å². The molecule has 0 radical (unpaired) electrons. The van der Waals surface area contributed by atoms with Crippen molar-refractivity contribution in [3.05, 3.63) is 76.8 Å². The summed E-state index contributed by atoms with van der Waals surface area (Å²) in [5, 5.41) is 12.1. The zero-order valence-corrected chi connectivity index (χ0v) is 23.1. The molecule has 1 saturated heterocycles. The molecule has 5 rings (SSSR count). The first kappa shape index (κ1) is 27.2. The summed E-state index contributed by atoms with van der Waals surface area (Å²) in [5.41, 5.74) is 2.06. The van der Waals surface area contributed by atoms with Crippen LogP contribution in [-0.2, 0) is 19.1 Å². The molecule has 3 aromatic rings. The van der Waals surface area contributed by atoms with E-state index < -0.39 is 30.1 Å². The normalized spacial score (nSPS) is 21.6. The second kappa shape index (κ2) is 10.6. The van der Waals surface area contributed by atoms with Crippen LogP contribution in [0.1, 0.15) is 57.3 Å². The van der Waals surface area contributed by atoms with Crippen molar-refractivity contribution in [1.82, 2.24) is 4.90 Å². The van der Waals surface area contributed by atoms with E-state index in [1.165, 1.54) is 4.90 Å². The summed E-state index contributed by atoms with van der Waals surface area (Å²) in [4.78, 5) is 42.4. The van der Waals surface area contributed by atoms with Crippen LogP contribution < -0.4 is 4.90 Å². The van der Waals surface area contributed by atoms with Gasteiger partial charge >= 0.3 is 5.97 Å². The summed E-state index contributed by atoms with van der Waals surface area (Å²) in [6.45, 7) is 6.90. The van der Waals surface area contributed by atoms with Crippen LogP contribution >= 0.6 is 11.6 Å². The molecule has 7 nitrogen and oxygen atoms in total. The van der Waals surface area contributed by atoms with Gasteiger partial charge in [0.15, 0.2) is 0 Å². The van der Waals surface area contributed by atoms with E-state index >= 15 is 0 Å². The molecule has 2 amide bonds. The van der Waals surface area contributed by atoms with Gasteiger partial charge in [-0.1, -0.05) is 74.8 Å². The second-order valence-corrected chi connectivity index (χ2v) is 12.0. The first-order valence-electron chi connectivity index (χ1n) is 13.3. The molecule has 0 aromatic heterocycles. The molecule has 0 spiro atoms. The highest BCUT2D eigenvalue weighted by molar-refractivity contribution is 6.30. The second-order valence-electron chi connectivity index (χ2n) is 11.5. The minimum atomic E-state index is -1.11. The topological polar surface area (TPSA) is 87.2 Å². The lowest BCUT2D eigenvalue weighted by Crippen LogP contribution is -2.47. The van der Waals surface area contributed by atoms with Crippen molar-refractivity contribution in [2.45, 2.75) is 58.3 Å². The smallest absolute Gasteiger partial charge is 0.326 e. The number of amides is 2. The van der Waals surface area contributed by atoms with Gasteiger partial charge in [-0.05, 0) is 52.8 Å². The van der Waals surface area contributed by atoms with E-state index in [2.05, 4.69) is 0 Å². The number of carbonyl (C=O) groups excluding carboxylic acids is 2. The summed E-state index contributed by atoms with van der Waals surface area (Å²) in [5.74, 6) is -1.75. The van der Waals surface area contributed by atoms with Crippen LogP contribution in [0.4, 0.5) is 5.69 Å². The van der Waals surface area contributed by atoms with Crippen molar-refractivity contribution in [1.29, 1.82) is 0 Å². The number of hydrogen-bond acceptors (Lipinski definition) is 4. The minimum absolute atomic E-state index is 0.244. The number of anilines is 1. The van der Waals surface area contributed by atoms with Gasteiger partial charge in [0.2, 0.25) is 5.91 Å². The van der Waals surface area contributed by atoms with Crippen LogP contribution in [0.2, 0.25) is 5.02 Å². The van der Waals surface area contributed by atoms with Crippen molar-refractivity contribution in [2.24, 2.45) is 5.41 Å². The lowest BCUT2D eigenvalue weighted by atomic mass is 9.93. The molecule has 2 aliphatic heterocycles. The summed E-state index contributed by atoms with van der Waals surface area (Å²) < 4.78 is 6.63. The van der Waals surface area contributed by atoms with Crippen LogP contribution in [-0.4, -0.2) is 53.0 Å². The Morgan fingerprint density at radius 3 is 2.54 bits per heavy atom. The Kier molecular flexibility index (Phi) is 7.40. The molecular formula is C31H33ClN2O5. The maximum absolute atomic E-state index is 14.2. The fourth-order valence-electron chi connectivity index (χ4n) is 5.66. The molecule has 2 heterocycles. The van der Waals surface area contributed by atoms with E-state index in [0.29, 0.717) is 36.6 Å². The summed E-state index contributed by atoms with van der Waals surface area (Å²) in [6, 6.07) is 18.5. The highest BCUT2D eigenvalue weighted by Crippen LogP contribution is 2.43. The number of ether oxygens (including phenoxy) is 1. The molecule has 0 saturated carbocycles. The van der Waals surface area contributed by atoms with Gasteiger partial charge in [0.1, 0.15) is 18.2 Å². The first-order chi connectivity index (χ1) is 18.5. The number of benzene rings is 3. The lowest BCUT2D eigenvalue weighted by Gasteiger charge is -2.32. The summed E-state index contributed by atoms with van der Waals surface area (Å²) in [6.07, 6.45) is -1.01. The van der Waals surface area contributed by atoms with Crippen molar-refractivity contribution in [3.63, 3.8) is 0 Å². The molecule has 0 aliphatic carbocycles. The van der Waals surface area contributed by atoms with E-state index in [1.54, 1.807) is 11.0 Å². The largest absolute Gasteiger partial charge is 0.480 e. The van der Waals surface area contributed by atoms with Gasteiger partial charge in [-0.2, -0.15) is 0 Å². The van der Waals surface area contributed by atoms with Gasteiger partial charge in [-0.15, -0.1) is 0 Å². The number of aliphatic carboxylic acids is 1. The monoisotopic (exact) mass is 548 g/mol. The lowest BCUT2D eigenvalue weighted by molar-refractivity contribution is -0.151. The number of fused-ring (bicyclic) bond motifs is 2. The number of rotatable bonds is 5. The highest BCUT2D eigenvalue weighted by atomic mass is 35.5. The number of nitrogens with zero attached hydrogens (tertiary/aromatic N) is 2. The molecule has 0 bridgehead atoms. The molecule has 39 heavy (non-hydrogen) atoms. The maximum atomic E-state index is 14.2. The Morgan fingerprint density at radius 2 is 1.79 bits per heavy atom. The Bertz CT molecular complexity index is 1430. The molecule has 204 valence electrons. The average molecular weight is 549 g/mol. The quantitative estimate of drug-likeness (QED) is 0.434. The van der Waals surface area contributed by atoms with Crippen LogP contribution in [0.5, 0.6) is 0 Å². The summed E-state index contributed by atoms with van der Waals surface area (Å²) >= 11 is 6.50. The molecule has 0 unspecified atom stereocenters. The van der Waals surface area contributed by atoms with E-state index in [-0.39, 0.29) is 17.7 Å². The molecular weight excluding hydrogens is 516 g/mol. The van der Waals surface area contributed by atoms with Gasteiger partial charge in [0.05, 0.1) is 6.42 Å².